The Balaban J connectivity index is 3.20. The average Bonchev–Trinajstić information content (AvgIpc) is 2.45. The topological polar surface area (TPSA) is 87.9 Å². The second-order valence-electron chi connectivity index (χ2n) is 2.54. The van der Waals surface area contributed by atoms with E-state index in [0.29, 0.717) is 5.82 Å². The summed E-state index contributed by atoms with van der Waals surface area (Å²) < 4.78 is 1.56. The number of hydrogen-bond acceptors (Lipinski definition) is 3. The predicted octanol–water partition coefficient (Wildman–Crippen LogP) is -0.193. The Labute approximate surface area is 75.2 Å². The van der Waals surface area contributed by atoms with Gasteiger partial charge >= 0.3 is 6.03 Å². The van der Waals surface area contributed by atoms with Crippen molar-refractivity contribution in [2.75, 3.05) is 11.9 Å². The highest BCUT2D eigenvalue weighted by Gasteiger charge is 2.16. The van der Waals surface area contributed by atoms with E-state index in [-0.39, 0.29) is 5.69 Å². The Morgan fingerprint density at radius 2 is 2.46 bits per heavy atom. The molecule has 0 saturated carbocycles. The summed E-state index contributed by atoms with van der Waals surface area (Å²) in [5.41, 5.74) is 5.24. The minimum atomic E-state index is -0.625. The van der Waals surface area contributed by atoms with E-state index in [4.69, 9.17) is 11.0 Å². The first-order valence-corrected chi connectivity index (χ1v) is 3.52. The smallest absolute Gasteiger partial charge is 0.320 e. The summed E-state index contributed by atoms with van der Waals surface area (Å²) in [5.74, 6) is 0.398. The normalized spacial score (nSPS) is 9.31. The molecule has 0 aliphatic carbocycles. The van der Waals surface area contributed by atoms with Gasteiger partial charge in [0.1, 0.15) is 6.07 Å². The zero-order valence-electron chi connectivity index (χ0n) is 7.35. The lowest BCUT2D eigenvalue weighted by Crippen LogP contribution is -2.33. The molecule has 0 spiro atoms. The Kier molecular flexibility index (Phi) is 2.19. The molecule has 1 heterocycles. The van der Waals surface area contributed by atoms with Crippen LogP contribution in [0.3, 0.4) is 0 Å². The van der Waals surface area contributed by atoms with Crippen LogP contribution in [0.5, 0.6) is 0 Å². The number of rotatable bonds is 1. The molecule has 0 radical (unpaired) electrons. The summed E-state index contributed by atoms with van der Waals surface area (Å²) in [6.07, 6.45) is 1.45. The molecular formula is C7H9N5O. The van der Waals surface area contributed by atoms with Gasteiger partial charge in [0.15, 0.2) is 11.5 Å². The zero-order chi connectivity index (χ0) is 10.0. The molecule has 0 aliphatic rings. The molecule has 1 aromatic rings. The average molecular weight is 179 g/mol. The molecule has 6 nitrogen and oxygen atoms in total. The molecule has 6 heteroatoms. The van der Waals surface area contributed by atoms with Gasteiger partial charge in [-0.15, -0.1) is 0 Å². The van der Waals surface area contributed by atoms with Crippen LogP contribution >= 0.6 is 0 Å². The number of nitrogens with two attached hydrogens (primary N) is 1. The second kappa shape index (κ2) is 3.15. The van der Waals surface area contributed by atoms with Crippen molar-refractivity contribution in [1.29, 1.82) is 5.26 Å². The minimum absolute atomic E-state index is 0.184. The first-order chi connectivity index (χ1) is 6.07. The fraction of sp³-hybridized carbons (Fsp3) is 0.286. The van der Waals surface area contributed by atoms with E-state index in [1.807, 2.05) is 6.07 Å². The van der Waals surface area contributed by atoms with Gasteiger partial charge in [-0.25, -0.2) is 9.78 Å². The first kappa shape index (κ1) is 9.06. The standard InChI is InChI=1S/C7H9N5O/c1-11-4-10-5(3-8)6(11)12(2)7(9)13/h4H,1-2H3,(H2,9,13). The lowest BCUT2D eigenvalue weighted by atomic mass is 10.4. The van der Waals surface area contributed by atoms with Crippen LogP contribution in [0.1, 0.15) is 5.69 Å². The summed E-state index contributed by atoms with van der Waals surface area (Å²) in [7, 11) is 3.17. The summed E-state index contributed by atoms with van der Waals surface area (Å²) in [4.78, 5) is 15.8. The molecule has 0 saturated heterocycles. The maximum Gasteiger partial charge on any atom is 0.320 e. The summed E-state index contributed by atoms with van der Waals surface area (Å²) >= 11 is 0. The van der Waals surface area contributed by atoms with E-state index in [1.165, 1.54) is 18.3 Å². The molecule has 13 heavy (non-hydrogen) atoms. The highest BCUT2D eigenvalue weighted by molar-refractivity contribution is 5.90. The molecule has 0 aromatic carbocycles. The number of carbonyl (C=O) groups excluding carboxylic acids is 1. The van der Waals surface area contributed by atoms with Crippen LogP contribution < -0.4 is 10.6 Å². The molecule has 2 amide bonds. The van der Waals surface area contributed by atoms with Crippen molar-refractivity contribution in [2.45, 2.75) is 0 Å². The van der Waals surface area contributed by atoms with Crippen molar-refractivity contribution >= 4 is 11.8 Å². The van der Waals surface area contributed by atoms with E-state index in [9.17, 15) is 4.79 Å². The van der Waals surface area contributed by atoms with Crippen LogP contribution in [-0.4, -0.2) is 22.6 Å². The highest BCUT2D eigenvalue weighted by Crippen LogP contribution is 2.15. The third kappa shape index (κ3) is 1.44. The van der Waals surface area contributed by atoms with Gasteiger partial charge in [-0.3, -0.25) is 4.90 Å². The van der Waals surface area contributed by atoms with Crippen LogP contribution in [0, 0.1) is 11.3 Å². The number of primary amides is 1. The number of nitrogens with zero attached hydrogens (tertiary/aromatic N) is 4. The van der Waals surface area contributed by atoms with Gasteiger partial charge in [0, 0.05) is 14.1 Å². The number of imidazole rings is 1. The van der Waals surface area contributed by atoms with Gasteiger partial charge < -0.3 is 10.3 Å². The van der Waals surface area contributed by atoms with Crippen molar-refractivity contribution in [3.05, 3.63) is 12.0 Å². The van der Waals surface area contributed by atoms with Crippen molar-refractivity contribution in [3.63, 3.8) is 0 Å². The molecule has 68 valence electrons. The third-order valence-electron chi connectivity index (χ3n) is 1.66. The number of anilines is 1. The highest BCUT2D eigenvalue weighted by atomic mass is 16.2. The van der Waals surface area contributed by atoms with Crippen LogP contribution in [-0.2, 0) is 7.05 Å². The molecule has 0 atom stereocenters. The van der Waals surface area contributed by atoms with Crippen LogP contribution in [0.25, 0.3) is 0 Å². The molecule has 1 rings (SSSR count). The number of nitriles is 1. The lowest BCUT2D eigenvalue weighted by molar-refractivity contribution is 0.255. The Morgan fingerprint density at radius 3 is 2.92 bits per heavy atom. The van der Waals surface area contributed by atoms with E-state index in [1.54, 1.807) is 11.6 Å². The summed E-state index contributed by atoms with van der Waals surface area (Å²) in [6, 6.07) is 1.25. The zero-order valence-corrected chi connectivity index (χ0v) is 7.35. The van der Waals surface area contributed by atoms with Gasteiger partial charge in [-0.1, -0.05) is 0 Å². The monoisotopic (exact) mass is 179 g/mol. The van der Waals surface area contributed by atoms with Gasteiger partial charge in [0.25, 0.3) is 0 Å². The largest absolute Gasteiger partial charge is 0.351 e. The molecule has 1 aromatic heterocycles. The van der Waals surface area contributed by atoms with Crippen LogP contribution in [0.2, 0.25) is 0 Å². The lowest BCUT2D eigenvalue weighted by Gasteiger charge is -2.14. The molecule has 0 bridgehead atoms. The molecule has 0 unspecified atom stereocenters. The Morgan fingerprint density at radius 1 is 1.85 bits per heavy atom. The molecule has 0 fully saturated rings. The molecule has 2 N–H and O–H groups in total. The number of amides is 2. The van der Waals surface area contributed by atoms with Crippen molar-refractivity contribution in [2.24, 2.45) is 12.8 Å². The van der Waals surface area contributed by atoms with Gasteiger partial charge in [-0.2, -0.15) is 5.26 Å². The van der Waals surface area contributed by atoms with Crippen LogP contribution in [0.15, 0.2) is 6.33 Å². The van der Waals surface area contributed by atoms with Gasteiger partial charge in [0.2, 0.25) is 0 Å². The van der Waals surface area contributed by atoms with E-state index in [0.717, 1.165) is 0 Å². The maximum absolute atomic E-state index is 10.8. The number of hydrogen-bond donors (Lipinski definition) is 1. The van der Waals surface area contributed by atoms with E-state index < -0.39 is 6.03 Å². The van der Waals surface area contributed by atoms with Gasteiger partial charge in [-0.05, 0) is 0 Å². The third-order valence-corrected chi connectivity index (χ3v) is 1.66. The maximum atomic E-state index is 10.8. The first-order valence-electron chi connectivity index (χ1n) is 3.52. The van der Waals surface area contributed by atoms with Gasteiger partial charge in [0.05, 0.1) is 6.33 Å². The Bertz CT molecular complexity index is 375. The Hall–Kier alpha value is -2.03. The number of aryl methyl sites for hydroxylation is 1. The number of aromatic nitrogens is 2. The quantitative estimate of drug-likeness (QED) is 0.647. The van der Waals surface area contributed by atoms with Crippen LogP contribution in [0.4, 0.5) is 10.6 Å². The second-order valence-corrected chi connectivity index (χ2v) is 2.54. The SMILES string of the molecule is CN(C(N)=O)c1c(C#N)ncn1C. The molecular weight excluding hydrogens is 170 g/mol. The number of carbonyl (C=O) groups is 1. The summed E-state index contributed by atoms with van der Waals surface area (Å²) in [5, 5.41) is 8.66. The molecule has 0 aliphatic heterocycles. The fourth-order valence-electron chi connectivity index (χ4n) is 1.00. The fourth-order valence-corrected chi connectivity index (χ4v) is 1.00. The minimum Gasteiger partial charge on any atom is -0.351 e. The van der Waals surface area contributed by atoms with E-state index in [2.05, 4.69) is 4.98 Å². The van der Waals surface area contributed by atoms with Crippen molar-refractivity contribution in [1.82, 2.24) is 9.55 Å². The summed E-state index contributed by atoms with van der Waals surface area (Å²) in [6.45, 7) is 0. The van der Waals surface area contributed by atoms with Crippen molar-refractivity contribution in [3.8, 4) is 6.07 Å². The predicted molar refractivity (Wildman–Crippen MR) is 45.9 cm³/mol. The number of urea groups is 1. The van der Waals surface area contributed by atoms with E-state index >= 15 is 0 Å². The van der Waals surface area contributed by atoms with Crippen molar-refractivity contribution < 1.29 is 4.79 Å².